The molecule has 36 heavy (non-hydrogen) atoms. The number of fused-ring (bicyclic) bond motifs is 1. The quantitative estimate of drug-likeness (QED) is 0.423. The summed E-state index contributed by atoms with van der Waals surface area (Å²) in [6.07, 6.45) is 3.87. The summed E-state index contributed by atoms with van der Waals surface area (Å²) in [5.41, 5.74) is 5.50. The number of carbonyl (C=O) groups is 1. The lowest BCUT2D eigenvalue weighted by Gasteiger charge is -2.32. The average molecular weight is 490 g/mol. The minimum Gasteiger partial charge on any atom is -0.383 e. The fourth-order valence-corrected chi connectivity index (χ4v) is 4.95. The number of halogens is 1. The number of methoxy groups -OCH3 is 1. The van der Waals surface area contributed by atoms with Gasteiger partial charge in [-0.3, -0.25) is 4.79 Å². The zero-order chi connectivity index (χ0) is 25.2. The molecule has 8 heteroatoms. The van der Waals surface area contributed by atoms with Crippen LogP contribution in [0.1, 0.15) is 41.1 Å². The Kier molecular flexibility index (Phi) is 6.89. The van der Waals surface area contributed by atoms with E-state index in [2.05, 4.69) is 25.5 Å². The minimum absolute atomic E-state index is 0.223. The van der Waals surface area contributed by atoms with Crippen LogP contribution < -0.4 is 10.6 Å². The van der Waals surface area contributed by atoms with Gasteiger partial charge in [0.2, 0.25) is 0 Å². The molecule has 3 N–H and O–H groups in total. The Bertz CT molecular complexity index is 1310. The summed E-state index contributed by atoms with van der Waals surface area (Å²) in [6.45, 7) is 7.36. The first-order valence-corrected chi connectivity index (χ1v) is 12.4. The lowest BCUT2D eigenvalue weighted by atomic mass is 9.93. The smallest absolute Gasteiger partial charge is 0.257 e. The molecule has 0 spiro atoms. The Balaban J connectivity index is 1.49. The number of piperidine rings is 1. The van der Waals surface area contributed by atoms with Gasteiger partial charge in [0, 0.05) is 61.5 Å². The third-order valence-corrected chi connectivity index (χ3v) is 6.99. The number of rotatable bonds is 7. The van der Waals surface area contributed by atoms with Crippen molar-refractivity contribution in [2.24, 2.45) is 0 Å². The van der Waals surface area contributed by atoms with Gasteiger partial charge in [-0.1, -0.05) is 12.1 Å². The standard InChI is InChI=1S/C28H32FN5O2/c1-17-4-5-19(14-23(17)29)25(27-30-16-18(2)31-27)26-22-15-21(6-7-24(22)33-28(26)35)32-20-8-10-34(11-9-20)12-13-36-3/h4-7,14-16,20,32H,8-13H2,1-3H3,(H,30,31)(H,33,35)/b26-25-. The molecular formula is C28H32FN5O2. The normalized spacial score (nSPS) is 17.7. The first-order chi connectivity index (χ1) is 17.4. The maximum absolute atomic E-state index is 14.6. The Morgan fingerprint density at radius 2 is 2.00 bits per heavy atom. The maximum Gasteiger partial charge on any atom is 0.257 e. The van der Waals surface area contributed by atoms with Gasteiger partial charge in [0.05, 0.1) is 17.9 Å². The van der Waals surface area contributed by atoms with Crippen LogP contribution in [0.3, 0.4) is 0 Å². The minimum atomic E-state index is -0.320. The summed E-state index contributed by atoms with van der Waals surface area (Å²) < 4.78 is 19.8. The summed E-state index contributed by atoms with van der Waals surface area (Å²) in [5.74, 6) is -0.00560. The fourth-order valence-electron chi connectivity index (χ4n) is 4.95. The van der Waals surface area contributed by atoms with E-state index in [1.54, 1.807) is 26.3 Å². The second-order valence-corrected chi connectivity index (χ2v) is 9.57. The van der Waals surface area contributed by atoms with E-state index in [4.69, 9.17) is 4.74 Å². The highest BCUT2D eigenvalue weighted by Crippen LogP contribution is 2.41. The van der Waals surface area contributed by atoms with Crippen molar-refractivity contribution in [2.45, 2.75) is 32.7 Å². The molecule has 1 amide bonds. The molecule has 0 radical (unpaired) electrons. The molecule has 7 nitrogen and oxygen atoms in total. The number of nitrogens with zero attached hydrogens (tertiary/aromatic N) is 2. The summed E-state index contributed by atoms with van der Waals surface area (Å²) in [5, 5.41) is 6.64. The maximum atomic E-state index is 14.6. The second-order valence-electron chi connectivity index (χ2n) is 9.57. The van der Waals surface area contributed by atoms with E-state index in [0.29, 0.717) is 34.1 Å². The van der Waals surface area contributed by atoms with Crippen LogP contribution in [0, 0.1) is 19.7 Å². The number of amides is 1. The number of likely N-dealkylation sites (tertiary alicyclic amines) is 1. The molecule has 188 valence electrons. The summed E-state index contributed by atoms with van der Waals surface area (Å²) >= 11 is 0. The number of carbonyl (C=O) groups excluding carboxylic acids is 1. The number of imidazole rings is 1. The summed E-state index contributed by atoms with van der Waals surface area (Å²) in [7, 11) is 1.73. The molecule has 3 heterocycles. The molecule has 0 unspecified atom stereocenters. The van der Waals surface area contributed by atoms with Gasteiger partial charge in [0.1, 0.15) is 11.6 Å². The molecule has 0 atom stereocenters. The highest BCUT2D eigenvalue weighted by molar-refractivity contribution is 6.38. The zero-order valence-electron chi connectivity index (χ0n) is 21.0. The van der Waals surface area contributed by atoms with Gasteiger partial charge in [0.25, 0.3) is 5.91 Å². The van der Waals surface area contributed by atoms with Crippen LogP contribution in [0.25, 0.3) is 11.1 Å². The van der Waals surface area contributed by atoms with Crippen LogP contribution in [-0.4, -0.2) is 60.2 Å². The van der Waals surface area contributed by atoms with E-state index >= 15 is 0 Å². The van der Waals surface area contributed by atoms with Crippen LogP contribution in [0.15, 0.2) is 42.6 Å². The Morgan fingerprint density at radius 1 is 1.19 bits per heavy atom. The molecule has 1 saturated heterocycles. The lowest BCUT2D eigenvalue weighted by Crippen LogP contribution is -2.40. The van der Waals surface area contributed by atoms with Crippen LogP contribution >= 0.6 is 0 Å². The highest BCUT2D eigenvalue weighted by atomic mass is 19.1. The van der Waals surface area contributed by atoms with E-state index in [1.165, 1.54) is 6.07 Å². The van der Waals surface area contributed by atoms with Gasteiger partial charge >= 0.3 is 0 Å². The number of aromatic nitrogens is 2. The van der Waals surface area contributed by atoms with Gasteiger partial charge in [-0.15, -0.1) is 0 Å². The summed E-state index contributed by atoms with van der Waals surface area (Å²) in [4.78, 5) is 23.4. The SMILES string of the molecule is COCCN1CCC(Nc2ccc3c(c2)/C(=C(\c2ccc(C)c(F)c2)c2nc(C)c[nH]2)C(=O)N3)CC1. The number of ether oxygens (including phenoxy) is 1. The number of H-pyrrole nitrogens is 1. The second kappa shape index (κ2) is 10.2. The third-order valence-electron chi connectivity index (χ3n) is 6.99. The van der Waals surface area contributed by atoms with Crippen molar-refractivity contribution in [3.05, 3.63) is 76.6 Å². The first kappa shape index (κ1) is 24.2. The van der Waals surface area contributed by atoms with E-state index in [9.17, 15) is 9.18 Å². The van der Waals surface area contributed by atoms with Crippen molar-refractivity contribution < 1.29 is 13.9 Å². The molecule has 2 aliphatic heterocycles. The number of hydrogen-bond acceptors (Lipinski definition) is 5. The van der Waals surface area contributed by atoms with Crippen molar-refractivity contribution in [1.29, 1.82) is 0 Å². The van der Waals surface area contributed by atoms with Crippen LogP contribution in [0.5, 0.6) is 0 Å². The van der Waals surface area contributed by atoms with Crippen molar-refractivity contribution in [2.75, 3.05) is 44.0 Å². The number of anilines is 2. The van der Waals surface area contributed by atoms with Crippen LogP contribution in [0.4, 0.5) is 15.8 Å². The van der Waals surface area contributed by atoms with Crippen molar-refractivity contribution in [3.8, 4) is 0 Å². The predicted octanol–water partition coefficient (Wildman–Crippen LogP) is 4.60. The molecule has 2 aliphatic rings. The fraction of sp³-hybridized carbons (Fsp3) is 0.357. The van der Waals surface area contributed by atoms with Crippen molar-refractivity contribution >= 4 is 28.4 Å². The van der Waals surface area contributed by atoms with E-state index in [-0.39, 0.29) is 11.7 Å². The third kappa shape index (κ3) is 4.92. The zero-order valence-corrected chi connectivity index (χ0v) is 21.0. The van der Waals surface area contributed by atoms with Crippen molar-refractivity contribution in [3.63, 3.8) is 0 Å². The van der Waals surface area contributed by atoms with Gasteiger partial charge in [-0.2, -0.15) is 0 Å². The van der Waals surface area contributed by atoms with Gasteiger partial charge in [-0.25, -0.2) is 9.37 Å². The van der Waals surface area contributed by atoms with E-state index in [0.717, 1.165) is 61.7 Å². The number of aromatic amines is 1. The molecule has 0 aliphatic carbocycles. The predicted molar refractivity (Wildman–Crippen MR) is 140 cm³/mol. The van der Waals surface area contributed by atoms with Crippen LogP contribution in [0.2, 0.25) is 0 Å². The first-order valence-electron chi connectivity index (χ1n) is 12.4. The number of benzene rings is 2. The largest absolute Gasteiger partial charge is 0.383 e. The van der Waals surface area contributed by atoms with Gasteiger partial charge in [0.15, 0.2) is 0 Å². The van der Waals surface area contributed by atoms with Gasteiger partial charge < -0.3 is 25.3 Å². The van der Waals surface area contributed by atoms with Gasteiger partial charge in [-0.05, 0) is 62.1 Å². The molecule has 0 bridgehead atoms. The Labute approximate surface area is 210 Å². The molecular weight excluding hydrogens is 457 g/mol. The van der Waals surface area contributed by atoms with E-state index < -0.39 is 0 Å². The molecule has 0 saturated carbocycles. The average Bonchev–Trinajstić information content (AvgIpc) is 3.44. The molecule has 1 fully saturated rings. The Hall–Kier alpha value is -3.49. The Morgan fingerprint density at radius 3 is 2.69 bits per heavy atom. The topological polar surface area (TPSA) is 82.3 Å². The number of nitrogens with one attached hydrogen (secondary N) is 3. The molecule has 2 aromatic carbocycles. The van der Waals surface area contributed by atoms with E-state index in [1.807, 2.05) is 31.2 Å². The summed E-state index contributed by atoms with van der Waals surface area (Å²) in [6, 6.07) is 11.3. The lowest BCUT2D eigenvalue weighted by molar-refractivity contribution is -0.110. The number of aryl methyl sites for hydroxylation is 2. The highest BCUT2D eigenvalue weighted by Gasteiger charge is 2.31. The molecule has 3 aromatic rings. The molecule has 5 rings (SSSR count). The number of hydrogen-bond donors (Lipinski definition) is 3. The molecule has 1 aromatic heterocycles. The van der Waals surface area contributed by atoms with Crippen LogP contribution in [-0.2, 0) is 9.53 Å². The van der Waals surface area contributed by atoms with Crippen molar-refractivity contribution in [1.82, 2.24) is 14.9 Å². The monoisotopic (exact) mass is 489 g/mol.